The molecule has 5 rings (SSSR count). The summed E-state index contributed by atoms with van der Waals surface area (Å²) in [6.45, 7) is 3.95. The molecule has 182 valence electrons. The minimum absolute atomic E-state index is 0.0496. The van der Waals surface area contributed by atoms with Gasteiger partial charge in [-0.3, -0.25) is 14.6 Å². The zero-order valence-corrected chi connectivity index (χ0v) is 20.1. The molecule has 35 heavy (non-hydrogen) atoms. The highest BCUT2D eigenvalue weighted by molar-refractivity contribution is 7.71. The Morgan fingerprint density at radius 1 is 1.11 bits per heavy atom. The number of hydrogen-bond acceptors (Lipinski definition) is 5. The summed E-state index contributed by atoms with van der Waals surface area (Å²) in [6, 6.07) is 5.98. The van der Waals surface area contributed by atoms with Crippen LogP contribution < -0.4 is 10.9 Å². The van der Waals surface area contributed by atoms with Gasteiger partial charge in [0.2, 0.25) is 0 Å². The molecule has 3 N–H and O–H groups in total. The van der Waals surface area contributed by atoms with Crippen molar-refractivity contribution < 1.29 is 22.4 Å². The highest BCUT2D eigenvalue weighted by Crippen LogP contribution is 2.48. The zero-order chi connectivity index (χ0) is 25.3. The van der Waals surface area contributed by atoms with Gasteiger partial charge in [0.25, 0.3) is 5.56 Å². The van der Waals surface area contributed by atoms with Crippen molar-refractivity contribution in [3.63, 3.8) is 0 Å². The van der Waals surface area contributed by atoms with Gasteiger partial charge < -0.3 is 14.7 Å². The maximum Gasteiger partial charge on any atom is 0.416 e. The lowest BCUT2D eigenvalue weighted by atomic mass is 9.70. The minimum Gasteiger partial charge on any atom is -0.460 e. The number of hydrogen-bond donors (Lipinski definition) is 3. The van der Waals surface area contributed by atoms with Crippen molar-refractivity contribution in [2.75, 3.05) is 5.32 Å². The van der Waals surface area contributed by atoms with Gasteiger partial charge >= 0.3 is 6.18 Å². The number of allylic oxidation sites excluding steroid dienone is 2. The van der Waals surface area contributed by atoms with Gasteiger partial charge in [0, 0.05) is 23.3 Å². The molecule has 1 aliphatic heterocycles. The van der Waals surface area contributed by atoms with Gasteiger partial charge in [0.05, 0.1) is 22.1 Å². The van der Waals surface area contributed by atoms with Crippen LogP contribution in [0.15, 0.2) is 50.8 Å². The van der Waals surface area contributed by atoms with Crippen LogP contribution in [0.4, 0.5) is 19.0 Å². The first-order chi connectivity index (χ1) is 16.3. The van der Waals surface area contributed by atoms with E-state index in [2.05, 4.69) is 15.3 Å². The quantitative estimate of drug-likeness (QED) is 0.332. The summed E-state index contributed by atoms with van der Waals surface area (Å²) in [6.07, 6.45) is -3.74. The second kappa shape index (κ2) is 7.96. The summed E-state index contributed by atoms with van der Waals surface area (Å²) in [4.78, 5) is 31.7. The molecule has 0 saturated heterocycles. The molecule has 0 saturated carbocycles. The van der Waals surface area contributed by atoms with Crippen LogP contribution >= 0.6 is 23.8 Å². The standard InChI is InChI=1S/C24H19ClF3N3O3S/c1-23(2)8-13-17(14(32)9-23)18(19-20(29-13)30-22(35)31-21(19)33)16-6-5-15(34-16)11-7-10(24(26,27)28)3-4-12(11)25/h3-7,18H,8-9H2,1-2H3,(H3,29,30,31,33,35). The molecule has 0 spiro atoms. The fraction of sp³-hybridized carbons (Fsp3) is 0.292. The first kappa shape index (κ1) is 23.6. The van der Waals surface area contributed by atoms with E-state index in [4.69, 9.17) is 28.2 Å². The van der Waals surface area contributed by atoms with Gasteiger partial charge in [-0.05, 0) is 54.4 Å². The Balaban J connectivity index is 1.69. The fourth-order valence-electron chi connectivity index (χ4n) is 4.77. The van der Waals surface area contributed by atoms with Crippen molar-refractivity contribution in [1.29, 1.82) is 0 Å². The Hall–Kier alpha value is -3.11. The lowest BCUT2D eigenvalue weighted by molar-refractivity contribution is -0.137. The molecule has 0 radical (unpaired) electrons. The van der Waals surface area contributed by atoms with E-state index in [0.29, 0.717) is 23.5 Å². The van der Waals surface area contributed by atoms with Crippen LogP contribution in [0, 0.1) is 10.2 Å². The van der Waals surface area contributed by atoms with Crippen molar-refractivity contribution in [1.82, 2.24) is 9.97 Å². The van der Waals surface area contributed by atoms with Gasteiger partial charge in [-0.2, -0.15) is 13.2 Å². The molecule has 0 bridgehead atoms. The second-order valence-corrected chi connectivity index (χ2v) is 10.3. The average Bonchev–Trinajstić information content (AvgIpc) is 3.20. The molecule has 2 aromatic heterocycles. The van der Waals surface area contributed by atoms with Gasteiger partial charge in [-0.15, -0.1) is 0 Å². The van der Waals surface area contributed by atoms with Crippen molar-refractivity contribution in [2.45, 2.75) is 38.8 Å². The largest absolute Gasteiger partial charge is 0.460 e. The number of furan rings is 1. The average molecular weight is 522 g/mol. The van der Waals surface area contributed by atoms with Crippen LogP contribution in [0.5, 0.6) is 0 Å². The van der Waals surface area contributed by atoms with E-state index in [9.17, 15) is 22.8 Å². The number of aromatic amines is 2. The number of anilines is 1. The van der Waals surface area contributed by atoms with Crippen molar-refractivity contribution in [3.8, 4) is 11.3 Å². The van der Waals surface area contributed by atoms with E-state index in [1.54, 1.807) is 6.07 Å². The molecule has 2 aliphatic rings. The van der Waals surface area contributed by atoms with Crippen molar-refractivity contribution in [2.24, 2.45) is 5.41 Å². The summed E-state index contributed by atoms with van der Waals surface area (Å²) in [7, 11) is 0. The molecule has 1 atom stereocenters. The van der Waals surface area contributed by atoms with Gasteiger partial charge in [-0.25, -0.2) is 0 Å². The Labute approximate surface area is 207 Å². The van der Waals surface area contributed by atoms with Gasteiger partial charge in [-0.1, -0.05) is 25.4 Å². The molecule has 1 aliphatic carbocycles. The number of alkyl halides is 3. The number of H-pyrrole nitrogens is 2. The molecule has 3 aromatic rings. The van der Waals surface area contributed by atoms with Gasteiger partial charge in [0.1, 0.15) is 17.3 Å². The molecule has 1 unspecified atom stereocenters. The highest BCUT2D eigenvalue weighted by Gasteiger charge is 2.43. The van der Waals surface area contributed by atoms with Crippen LogP contribution in [0.1, 0.15) is 49.5 Å². The number of Topliss-reactive ketones (excluding diaryl/α,β-unsaturated/α-hetero) is 1. The van der Waals surface area contributed by atoms with E-state index in [0.717, 1.165) is 18.2 Å². The summed E-state index contributed by atoms with van der Waals surface area (Å²) in [5.74, 6) is -0.354. The Kier molecular flexibility index (Phi) is 5.37. The molecular formula is C24H19ClF3N3O3S. The van der Waals surface area contributed by atoms with E-state index in [1.165, 1.54) is 6.07 Å². The number of aromatic nitrogens is 2. The number of rotatable bonds is 2. The molecule has 3 heterocycles. The Bertz CT molecular complexity index is 1530. The molecular weight excluding hydrogens is 503 g/mol. The third-order valence-electron chi connectivity index (χ3n) is 6.22. The number of benzene rings is 1. The maximum absolute atomic E-state index is 13.3. The summed E-state index contributed by atoms with van der Waals surface area (Å²) >= 11 is 11.3. The van der Waals surface area contributed by atoms with E-state index in [1.807, 2.05) is 13.8 Å². The van der Waals surface area contributed by atoms with Gasteiger partial charge in [0.15, 0.2) is 10.6 Å². The van der Waals surface area contributed by atoms with Crippen LogP contribution in [0.3, 0.4) is 0 Å². The predicted octanol–water partition coefficient (Wildman–Crippen LogP) is 6.57. The summed E-state index contributed by atoms with van der Waals surface area (Å²) < 4.78 is 45.9. The first-order valence-electron chi connectivity index (χ1n) is 10.7. The van der Waals surface area contributed by atoms with Crippen molar-refractivity contribution >= 4 is 35.4 Å². The minimum atomic E-state index is -4.56. The highest BCUT2D eigenvalue weighted by atomic mass is 35.5. The number of fused-ring (bicyclic) bond motifs is 1. The maximum atomic E-state index is 13.3. The zero-order valence-electron chi connectivity index (χ0n) is 18.5. The van der Waals surface area contributed by atoms with E-state index in [-0.39, 0.29) is 50.1 Å². The predicted molar refractivity (Wildman–Crippen MR) is 127 cm³/mol. The van der Waals surface area contributed by atoms with E-state index >= 15 is 0 Å². The van der Waals surface area contributed by atoms with Crippen LogP contribution in [0.2, 0.25) is 5.02 Å². The monoisotopic (exact) mass is 521 g/mol. The number of ketones is 1. The first-order valence-corrected chi connectivity index (χ1v) is 11.5. The van der Waals surface area contributed by atoms with Crippen molar-refractivity contribution in [3.05, 3.63) is 78.6 Å². The molecule has 1 aromatic carbocycles. The number of carbonyl (C=O) groups excluding carboxylic acids is 1. The number of halogens is 4. The topological polar surface area (TPSA) is 90.9 Å². The fourth-order valence-corrected chi connectivity index (χ4v) is 5.18. The smallest absolute Gasteiger partial charge is 0.416 e. The Morgan fingerprint density at radius 3 is 2.57 bits per heavy atom. The summed E-state index contributed by atoms with van der Waals surface area (Å²) in [5.41, 5.74) is -0.377. The number of nitrogens with one attached hydrogen (secondary N) is 3. The Morgan fingerprint density at radius 2 is 1.86 bits per heavy atom. The van der Waals surface area contributed by atoms with Crippen LogP contribution in [-0.4, -0.2) is 15.8 Å². The molecule has 0 fully saturated rings. The van der Waals surface area contributed by atoms with Crippen LogP contribution in [-0.2, 0) is 11.0 Å². The third kappa shape index (κ3) is 4.14. The molecule has 6 nitrogen and oxygen atoms in total. The molecule has 0 amide bonds. The third-order valence-corrected chi connectivity index (χ3v) is 6.76. The lowest BCUT2D eigenvalue weighted by Gasteiger charge is -2.38. The molecule has 11 heteroatoms. The number of carbonyl (C=O) groups is 1. The lowest BCUT2D eigenvalue weighted by Crippen LogP contribution is -2.36. The van der Waals surface area contributed by atoms with E-state index < -0.39 is 23.2 Å². The summed E-state index contributed by atoms with van der Waals surface area (Å²) in [5, 5.41) is 3.24. The SMILES string of the molecule is CC1(C)CC(=O)C2=C(C1)Nc1[nH]c(=S)[nH]c(=O)c1C2c1ccc(-c2cc(C(F)(F)F)ccc2Cl)o1. The normalized spacial score (nSPS) is 19.3. The second-order valence-electron chi connectivity index (χ2n) is 9.48. The van der Waals surface area contributed by atoms with Crippen LogP contribution in [0.25, 0.3) is 11.3 Å².